The summed E-state index contributed by atoms with van der Waals surface area (Å²) < 4.78 is 23.1. The van der Waals surface area contributed by atoms with Gasteiger partial charge in [-0.15, -0.1) is 11.6 Å². The van der Waals surface area contributed by atoms with E-state index >= 15 is 0 Å². The molecule has 4 aromatic carbocycles. The van der Waals surface area contributed by atoms with Gasteiger partial charge in [-0.1, -0.05) is 41.9 Å². The van der Waals surface area contributed by atoms with E-state index in [1.807, 2.05) is 44.2 Å². The number of nitriles is 1. The van der Waals surface area contributed by atoms with Crippen molar-refractivity contribution in [2.75, 3.05) is 19.1 Å². The lowest BCUT2D eigenvalue weighted by atomic mass is 9.93. The van der Waals surface area contributed by atoms with E-state index in [4.69, 9.17) is 42.1 Å². The predicted molar refractivity (Wildman–Crippen MR) is 175 cm³/mol. The van der Waals surface area contributed by atoms with E-state index in [1.54, 1.807) is 25.1 Å². The van der Waals surface area contributed by atoms with Crippen molar-refractivity contribution < 1.29 is 28.5 Å². The van der Waals surface area contributed by atoms with E-state index in [1.165, 1.54) is 12.1 Å². The lowest BCUT2D eigenvalue weighted by Crippen LogP contribution is -2.07. The Kier molecular flexibility index (Phi) is 11.9. The molecule has 4 aromatic rings. The summed E-state index contributed by atoms with van der Waals surface area (Å²) in [5.41, 5.74) is 6.48. The van der Waals surface area contributed by atoms with Gasteiger partial charge >= 0.3 is 5.97 Å². The van der Waals surface area contributed by atoms with E-state index in [2.05, 4.69) is 12.1 Å². The average molecular weight is 647 g/mol. The summed E-state index contributed by atoms with van der Waals surface area (Å²) in [6.07, 6.45) is 1.41. The third-order valence-electron chi connectivity index (χ3n) is 7.16. The molecular weight excluding hydrogens is 613 g/mol. The third kappa shape index (κ3) is 8.36. The number of halogens is 2. The summed E-state index contributed by atoms with van der Waals surface area (Å²) in [4.78, 5) is 24.1. The Hall–Kier alpha value is -4.51. The molecule has 9 heteroatoms. The van der Waals surface area contributed by atoms with Gasteiger partial charge in [-0.3, -0.25) is 4.79 Å². The maximum absolute atomic E-state index is 12.3. The van der Waals surface area contributed by atoms with Crippen LogP contribution in [0.25, 0.3) is 11.1 Å². The minimum absolute atomic E-state index is 0.0149. The molecule has 0 aromatic heterocycles. The molecule has 0 atom stereocenters. The van der Waals surface area contributed by atoms with Gasteiger partial charge in [0.2, 0.25) is 0 Å². The molecule has 0 aliphatic carbocycles. The van der Waals surface area contributed by atoms with Crippen molar-refractivity contribution in [3.8, 4) is 34.4 Å². The molecule has 0 spiro atoms. The van der Waals surface area contributed by atoms with E-state index in [0.717, 1.165) is 40.0 Å². The van der Waals surface area contributed by atoms with Gasteiger partial charge in [-0.2, -0.15) is 5.26 Å². The highest BCUT2D eigenvalue weighted by molar-refractivity contribution is 6.32. The predicted octanol–water partition coefficient (Wildman–Crippen LogP) is 8.65. The Morgan fingerprint density at radius 1 is 0.889 bits per heavy atom. The van der Waals surface area contributed by atoms with Crippen LogP contribution in [0.15, 0.2) is 66.7 Å². The highest BCUT2D eigenvalue weighted by Gasteiger charge is 2.16. The minimum Gasteiger partial charge on any atom is -0.493 e. The molecule has 0 fully saturated rings. The number of alkyl halides is 1. The van der Waals surface area contributed by atoms with Crippen molar-refractivity contribution in [2.24, 2.45) is 0 Å². The first kappa shape index (κ1) is 33.4. The lowest BCUT2D eigenvalue weighted by Gasteiger charge is -2.17. The van der Waals surface area contributed by atoms with Crippen LogP contribution >= 0.6 is 23.2 Å². The molecule has 7 nitrogen and oxygen atoms in total. The maximum atomic E-state index is 12.3. The minimum atomic E-state index is -0.538. The van der Waals surface area contributed by atoms with Crippen LogP contribution in [-0.4, -0.2) is 31.3 Å². The number of aldehydes is 1. The smallest absolute Gasteiger partial charge is 0.338 e. The number of benzene rings is 4. The number of carbonyl (C=O) groups excluding carboxylic acids is 2. The molecule has 0 bridgehead atoms. The number of carbonyl (C=O) groups is 2. The molecule has 0 aliphatic heterocycles. The molecule has 0 N–H and O–H groups in total. The standard InChI is InChI=1S/C36H33Cl2NO6/c1-4-42-36(41)28-15-25(19-39)14-26(16-28)21-44-34-18-35(32(38)17-29(34)20-40)45-22-27-8-5-9-30(23(27)2)31-10-6-11-33(24(31)3)43-13-7-12-37/h5-6,8-11,14-18,20H,4,7,12-13,21-22H2,1-3H3. The Morgan fingerprint density at radius 2 is 1.62 bits per heavy atom. The summed E-state index contributed by atoms with van der Waals surface area (Å²) in [6, 6.07) is 21.8. The summed E-state index contributed by atoms with van der Waals surface area (Å²) in [5.74, 6) is 1.42. The largest absolute Gasteiger partial charge is 0.493 e. The molecule has 4 rings (SSSR count). The van der Waals surface area contributed by atoms with Gasteiger partial charge in [-0.25, -0.2) is 4.79 Å². The second kappa shape index (κ2) is 16.0. The zero-order valence-corrected chi connectivity index (χ0v) is 26.8. The average Bonchev–Trinajstić information content (AvgIpc) is 3.05. The Morgan fingerprint density at radius 3 is 2.33 bits per heavy atom. The van der Waals surface area contributed by atoms with Crippen molar-refractivity contribution in [1.29, 1.82) is 5.26 Å². The molecule has 0 saturated heterocycles. The van der Waals surface area contributed by atoms with Crippen LogP contribution in [0.5, 0.6) is 17.2 Å². The number of nitrogens with zero attached hydrogens (tertiary/aromatic N) is 1. The summed E-state index contributed by atoms with van der Waals surface area (Å²) in [6.45, 7) is 6.75. The van der Waals surface area contributed by atoms with Gasteiger partial charge in [-0.05, 0) is 90.9 Å². The van der Waals surface area contributed by atoms with Crippen molar-refractivity contribution in [3.63, 3.8) is 0 Å². The topological polar surface area (TPSA) is 94.9 Å². The van der Waals surface area contributed by atoms with Crippen molar-refractivity contribution in [1.82, 2.24) is 0 Å². The Labute approximate surface area is 273 Å². The van der Waals surface area contributed by atoms with Gasteiger partial charge in [0, 0.05) is 11.9 Å². The Bertz CT molecular complexity index is 1730. The van der Waals surface area contributed by atoms with Crippen molar-refractivity contribution >= 4 is 35.5 Å². The summed E-state index contributed by atoms with van der Waals surface area (Å²) in [5, 5.41) is 9.68. The maximum Gasteiger partial charge on any atom is 0.338 e. The van der Waals surface area contributed by atoms with Crippen LogP contribution in [-0.2, 0) is 18.0 Å². The Balaban J connectivity index is 1.54. The molecule has 0 amide bonds. The normalized spacial score (nSPS) is 10.6. The molecule has 0 unspecified atom stereocenters. The van der Waals surface area contributed by atoms with Gasteiger partial charge in [0.15, 0.2) is 6.29 Å². The number of ether oxygens (including phenoxy) is 4. The van der Waals surface area contributed by atoms with Gasteiger partial charge in [0.05, 0.1) is 41.0 Å². The van der Waals surface area contributed by atoms with E-state index in [9.17, 15) is 14.9 Å². The van der Waals surface area contributed by atoms with Crippen LogP contribution in [0.2, 0.25) is 5.02 Å². The van der Waals surface area contributed by atoms with Crippen LogP contribution < -0.4 is 14.2 Å². The summed E-state index contributed by atoms with van der Waals surface area (Å²) >= 11 is 12.3. The monoisotopic (exact) mass is 645 g/mol. The molecule has 45 heavy (non-hydrogen) atoms. The highest BCUT2D eigenvalue weighted by Crippen LogP contribution is 2.36. The lowest BCUT2D eigenvalue weighted by molar-refractivity contribution is 0.0526. The SMILES string of the molecule is CCOC(=O)c1cc(C#N)cc(COc2cc(OCc3cccc(-c4cccc(OCCCCl)c4C)c3C)c(Cl)cc2C=O)c1. The second-order valence-corrected chi connectivity index (χ2v) is 11.0. The van der Waals surface area contributed by atoms with Gasteiger partial charge in [0.1, 0.15) is 30.5 Å². The van der Waals surface area contributed by atoms with Crippen molar-refractivity contribution in [3.05, 3.63) is 111 Å². The fraction of sp³-hybridized carbons (Fsp3) is 0.250. The molecule has 232 valence electrons. The number of hydrogen-bond acceptors (Lipinski definition) is 7. The van der Waals surface area contributed by atoms with Crippen LogP contribution in [0, 0.1) is 25.2 Å². The first-order valence-electron chi connectivity index (χ1n) is 14.4. The molecular formula is C36H33Cl2NO6. The number of esters is 1. The van der Waals surface area contributed by atoms with Crippen LogP contribution in [0.3, 0.4) is 0 Å². The van der Waals surface area contributed by atoms with Crippen LogP contribution in [0.4, 0.5) is 0 Å². The fourth-order valence-corrected chi connectivity index (χ4v) is 5.13. The molecule has 0 saturated carbocycles. The fourth-order valence-electron chi connectivity index (χ4n) is 4.80. The number of hydrogen-bond donors (Lipinski definition) is 0. The van der Waals surface area contributed by atoms with Gasteiger partial charge < -0.3 is 18.9 Å². The number of rotatable bonds is 14. The zero-order valence-electron chi connectivity index (χ0n) is 25.3. The zero-order chi connectivity index (χ0) is 32.3. The first-order chi connectivity index (χ1) is 21.8. The quantitative estimate of drug-likeness (QED) is 0.0586. The first-order valence-corrected chi connectivity index (χ1v) is 15.3. The third-order valence-corrected chi connectivity index (χ3v) is 7.72. The van der Waals surface area contributed by atoms with Crippen molar-refractivity contribution in [2.45, 2.75) is 40.4 Å². The highest BCUT2D eigenvalue weighted by atomic mass is 35.5. The molecule has 0 radical (unpaired) electrons. The summed E-state index contributed by atoms with van der Waals surface area (Å²) in [7, 11) is 0. The van der Waals surface area contributed by atoms with Gasteiger partial charge in [0.25, 0.3) is 0 Å². The molecule has 0 heterocycles. The van der Waals surface area contributed by atoms with E-state index < -0.39 is 5.97 Å². The van der Waals surface area contributed by atoms with E-state index in [-0.39, 0.29) is 47.3 Å². The van der Waals surface area contributed by atoms with E-state index in [0.29, 0.717) is 30.1 Å². The van der Waals surface area contributed by atoms with Crippen LogP contribution in [0.1, 0.15) is 61.9 Å². The second-order valence-electron chi connectivity index (χ2n) is 10.2. The molecule has 0 aliphatic rings.